The van der Waals surface area contributed by atoms with Crippen LogP contribution in [0.1, 0.15) is 27.2 Å². The molecule has 0 amide bonds. The number of thiol groups is 1. The third kappa shape index (κ3) is 14.6. The van der Waals surface area contributed by atoms with E-state index in [9.17, 15) is 4.79 Å². The zero-order chi connectivity index (χ0) is 10.7. The molecule has 13 heavy (non-hydrogen) atoms. The Morgan fingerprint density at radius 2 is 1.62 bits per heavy atom. The van der Waals surface area contributed by atoms with Crippen LogP contribution in [-0.4, -0.2) is 41.4 Å². The molecule has 0 saturated carbocycles. The lowest BCUT2D eigenvalue weighted by molar-refractivity contribution is -0.136. The van der Waals surface area contributed by atoms with Crippen LogP contribution >= 0.6 is 12.6 Å². The molecule has 0 aromatic heterocycles. The van der Waals surface area contributed by atoms with Gasteiger partial charge in [-0.3, -0.25) is 4.79 Å². The van der Waals surface area contributed by atoms with Gasteiger partial charge in [-0.1, -0.05) is 20.8 Å². The first-order valence-electron chi connectivity index (χ1n) is 4.67. The molecule has 0 heterocycles. The van der Waals surface area contributed by atoms with Gasteiger partial charge in [0.05, 0.1) is 6.42 Å². The van der Waals surface area contributed by atoms with Gasteiger partial charge < -0.3 is 10.0 Å². The molecule has 0 rings (SSSR count). The number of carboxylic acids is 1. The third-order valence-electron chi connectivity index (χ3n) is 1.67. The van der Waals surface area contributed by atoms with Crippen molar-refractivity contribution in [2.24, 2.45) is 0 Å². The molecule has 0 aliphatic rings. The van der Waals surface area contributed by atoms with Crippen molar-refractivity contribution >= 4 is 18.6 Å². The third-order valence-corrected chi connectivity index (χ3v) is 1.89. The maximum atomic E-state index is 9.55. The predicted molar refractivity (Wildman–Crippen MR) is 59.6 cm³/mol. The lowest BCUT2D eigenvalue weighted by Crippen LogP contribution is -2.21. The average Bonchev–Trinajstić information content (AvgIpc) is 2.08. The summed E-state index contributed by atoms with van der Waals surface area (Å²) in [6.45, 7) is 10.1. The maximum absolute atomic E-state index is 9.55. The van der Waals surface area contributed by atoms with Crippen LogP contribution in [0.15, 0.2) is 0 Å². The fraction of sp³-hybridized carbons (Fsp3) is 0.889. The van der Waals surface area contributed by atoms with Crippen molar-refractivity contribution in [3.8, 4) is 0 Å². The van der Waals surface area contributed by atoms with Crippen molar-refractivity contribution in [1.29, 1.82) is 0 Å². The zero-order valence-electron chi connectivity index (χ0n) is 8.79. The van der Waals surface area contributed by atoms with Gasteiger partial charge >= 0.3 is 5.97 Å². The molecule has 80 valence electrons. The standard InChI is InChI=1S/C6H15N.C3H6O2S/c1-4-7(5-2)6-3;4-3(5)1-2-6/h4-6H2,1-3H3;6H,1-2H2,(H,4,5). The minimum Gasteiger partial charge on any atom is -0.481 e. The first-order valence-corrected chi connectivity index (χ1v) is 5.30. The number of hydrogen-bond acceptors (Lipinski definition) is 3. The highest BCUT2D eigenvalue weighted by molar-refractivity contribution is 7.80. The van der Waals surface area contributed by atoms with Crippen LogP contribution in [0.2, 0.25) is 0 Å². The summed E-state index contributed by atoms with van der Waals surface area (Å²) in [5.41, 5.74) is 0. The monoisotopic (exact) mass is 207 g/mol. The van der Waals surface area contributed by atoms with Gasteiger partial charge in [0, 0.05) is 5.75 Å². The molecule has 0 fully saturated rings. The Bertz CT molecular complexity index is 111. The smallest absolute Gasteiger partial charge is 0.304 e. The van der Waals surface area contributed by atoms with Gasteiger partial charge in [-0.15, -0.1) is 0 Å². The minimum absolute atomic E-state index is 0.156. The normalized spacial score (nSPS) is 9.31. The summed E-state index contributed by atoms with van der Waals surface area (Å²) >= 11 is 3.68. The lowest BCUT2D eigenvalue weighted by Gasteiger charge is -2.13. The molecule has 0 atom stereocenters. The van der Waals surface area contributed by atoms with E-state index in [0.717, 1.165) is 0 Å². The topological polar surface area (TPSA) is 40.5 Å². The van der Waals surface area contributed by atoms with E-state index in [0.29, 0.717) is 5.75 Å². The summed E-state index contributed by atoms with van der Waals surface area (Å²) < 4.78 is 0. The molecule has 3 nitrogen and oxygen atoms in total. The molecule has 4 heteroatoms. The van der Waals surface area contributed by atoms with Crippen LogP contribution in [0.25, 0.3) is 0 Å². The van der Waals surface area contributed by atoms with E-state index in [1.165, 1.54) is 19.6 Å². The van der Waals surface area contributed by atoms with E-state index in [2.05, 4.69) is 38.3 Å². The van der Waals surface area contributed by atoms with Gasteiger partial charge in [0.25, 0.3) is 0 Å². The second kappa shape index (κ2) is 11.8. The first-order chi connectivity index (χ1) is 6.12. The number of carbonyl (C=O) groups is 1. The maximum Gasteiger partial charge on any atom is 0.304 e. The van der Waals surface area contributed by atoms with Crippen molar-refractivity contribution in [2.75, 3.05) is 25.4 Å². The van der Waals surface area contributed by atoms with E-state index in [1.54, 1.807) is 0 Å². The Balaban J connectivity index is 0. The number of nitrogens with zero attached hydrogens (tertiary/aromatic N) is 1. The minimum atomic E-state index is -0.787. The molecular weight excluding hydrogens is 186 g/mol. The molecule has 0 spiro atoms. The van der Waals surface area contributed by atoms with Crippen LogP contribution in [-0.2, 0) is 4.79 Å². The van der Waals surface area contributed by atoms with E-state index < -0.39 is 5.97 Å². The summed E-state index contributed by atoms with van der Waals surface area (Å²) in [6, 6.07) is 0. The Hall–Kier alpha value is -0.220. The molecular formula is C9H21NO2S. The lowest BCUT2D eigenvalue weighted by atomic mass is 10.5. The van der Waals surface area contributed by atoms with Crippen LogP contribution in [0.3, 0.4) is 0 Å². The summed E-state index contributed by atoms with van der Waals surface area (Å²) in [4.78, 5) is 11.9. The zero-order valence-corrected chi connectivity index (χ0v) is 9.68. The molecule has 0 bridgehead atoms. The number of rotatable bonds is 5. The fourth-order valence-corrected chi connectivity index (χ4v) is 0.958. The van der Waals surface area contributed by atoms with Gasteiger partial charge in [-0.2, -0.15) is 12.6 Å². The second-order valence-electron chi connectivity index (χ2n) is 2.49. The van der Waals surface area contributed by atoms with Gasteiger partial charge in [0.2, 0.25) is 0 Å². The molecule has 1 N–H and O–H groups in total. The van der Waals surface area contributed by atoms with Crippen molar-refractivity contribution < 1.29 is 9.90 Å². The first kappa shape index (κ1) is 15.3. The van der Waals surface area contributed by atoms with Crippen molar-refractivity contribution in [3.05, 3.63) is 0 Å². The molecule has 0 aromatic carbocycles. The Labute approximate surface area is 86.5 Å². The summed E-state index contributed by atoms with van der Waals surface area (Å²) in [7, 11) is 0. The summed E-state index contributed by atoms with van der Waals surface area (Å²) in [5.74, 6) is -0.361. The largest absolute Gasteiger partial charge is 0.481 e. The quantitative estimate of drug-likeness (QED) is 0.675. The summed E-state index contributed by atoms with van der Waals surface area (Å²) in [6.07, 6.45) is 0.156. The van der Waals surface area contributed by atoms with Crippen molar-refractivity contribution in [2.45, 2.75) is 27.2 Å². The highest BCUT2D eigenvalue weighted by atomic mass is 32.1. The van der Waals surface area contributed by atoms with Gasteiger partial charge in [0.15, 0.2) is 0 Å². The molecule has 0 unspecified atom stereocenters. The van der Waals surface area contributed by atoms with E-state index in [1.807, 2.05) is 0 Å². The number of aliphatic carboxylic acids is 1. The van der Waals surface area contributed by atoms with Crippen molar-refractivity contribution in [3.63, 3.8) is 0 Å². The molecule has 0 saturated heterocycles. The summed E-state index contributed by atoms with van der Waals surface area (Å²) in [5, 5.41) is 7.86. The highest BCUT2D eigenvalue weighted by Crippen LogP contribution is 1.81. The van der Waals surface area contributed by atoms with Crippen LogP contribution < -0.4 is 0 Å². The Morgan fingerprint density at radius 1 is 1.23 bits per heavy atom. The van der Waals surface area contributed by atoms with Crippen LogP contribution in [0.5, 0.6) is 0 Å². The van der Waals surface area contributed by atoms with Gasteiger partial charge in [0.1, 0.15) is 0 Å². The van der Waals surface area contributed by atoms with E-state index >= 15 is 0 Å². The number of carboxylic acid groups (broad SMARTS) is 1. The van der Waals surface area contributed by atoms with Crippen LogP contribution in [0.4, 0.5) is 0 Å². The SMILES string of the molecule is CCN(CC)CC.O=C(O)CCS. The highest BCUT2D eigenvalue weighted by Gasteiger charge is 1.89. The molecule has 0 radical (unpaired) electrons. The molecule has 0 aromatic rings. The van der Waals surface area contributed by atoms with Gasteiger partial charge in [-0.25, -0.2) is 0 Å². The van der Waals surface area contributed by atoms with Crippen LogP contribution in [0, 0.1) is 0 Å². The Morgan fingerprint density at radius 3 is 1.62 bits per heavy atom. The van der Waals surface area contributed by atoms with E-state index in [-0.39, 0.29) is 6.42 Å². The average molecular weight is 207 g/mol. The van der Waals surface area contributed by atoms with Gasteiger partial charge in [-0.05, 0) is 19.6 Å². The van der Waals surface area contributed by atoms with Crippen molar-refractivity contribution in [1.82, 2.24) is 4.90 Å². The fourth-order valence-electron chi connectivity index (χ4n) is 0.766. The molecule has 0 aliphatic heterocycles. The Kier molecular flexibility index (Phi) is 13.8. The molecule has 0 aliphatic carbocycles. The predicted octanol–water partition coefficient (Wildman–Crippen LogP) is 1.74. The number of hydrogen-bond donors (Lipinski definition) is 2. The van der Waals surface area contributed by atoms with E-state index in [4.69, 9.17) is 5.11 Å². The second-order valence-corrected chi connectivity index (χ2v) is 2.93.